The van der Waals surface area contributed by atoms with Gasteiger partial charge >= 0.3 is 0 Å². The minimum Gasteiger partial charge on any atom is -0.497 e. The highest BCUT2D eigenvalue weighted by Gasteiger charge is 2.52. The summed E-state index contributed by atoms with van der Waals surface area (Å²) in [6, 6.07) is 15.7. The third-order valence-corrected chi connectivity index (χ3v) is 7.53. The minimum atomic E-state index is 0.0666. The second kappa shape index (κ2) is 9.82. The summed E-state index contributed by atoms with van der Waals surface area (Å²) >= 11 is 0. The summed E-state index contributed by atoms with van der Waals surface area (Å²) in [5.41, 5.74) is 5.49. The molecule has 0 amide bonds. The number of hydrogen-bond donors (Lipinski definition) is 0. The maximum atomic E-state index is 6.31. The van der Waals surface area contributed by atoms with Crippen molar-refractivity contribution < 1.29 is 18.9 Å². The SMILES string of the molecule is COCCOCO[C@H]1CC[C@H]2c3ccc(OC)cc3[C@@H](c3ccc(N(C)C)cc3)C[C@]12C. The Morgan fingerprint density at radius 3 is 2.44 bits per heavy atom. The van der Waals surface area contributed by atoms with Crippen molar-refractivity contribution in [1.82, 2.24) is 0 Å². The van der Waals surface area contributed by atoms with E-state index in [0.717, 1.165) is 25.0 Å². The van der Waals surface area contributed by atoms with Crippen LogP contribution in [0.15, 0.2) is 42.5 Å². The lowest BCUT2D eigenvalue weighted by molar-refractivity contribution is -0.128. The molecule has 0 unspecified atom stereocenters. The van der Waals surface area contributed by atoms with Gasteiger partial charge in [0.05, 0.1) is 26.4 Å². The largest absolute Gasteiger partial charge is 0.497 e. The van der Waals surface area contributed by atoms with Crippen LogP contribution in [0.25, 0.3) is 0 Å². The number of fused-ring (bicyclic) bond motifs is 3. The average Bonchev–Trinajstić information content (AvgIpc) is 3.14. The van der Waals surface area contributed by atoms with Crippen LogP contribution in [0.3, 0.4) is 0 Å². The summed E-state index contributed by atoms with van der Waals surface area (Å²) < 4.78 is 22.6. The molecule has 2 aromatic carbocycles. The van der Waals surface area contributed by atoms with E-state index < -0.39 is 0 Å². The van der Waals surface area contributed by atoms with Gasteiger partial charge in [-0.15, -0.1) is 0 Å². The van der Waals surface area contributed by atoms with Crippen molar-refractivity contribution in [2.45, 2.75) is 44.1 Å². The standard InChI is InChI=1S/C27H37NO4/c1-27-17-24(19-6-8-20(9-7-19)28(2)3)23-16-21(30-5)10-11-22(23)25(27)12-13-26(27)32-18-31-15-14-29-4/h6-11,16,24-26H,12-15,17-18H2,1-5H3/t24-,25+,26+,27+/m1/s1. The van der Waals surface area contributed by atoms with Gasteiger partial charge in [0.15, 0.2) is 0 Å². The predicted molar refractivity (Wildman–Crippen MR) is 128 cm³/mol. The van der Waals surface area contributed by atoms with Crippen LogP contribution in [0.2, 0.25) is 0 Å². The molecule has 0 bridgehead atoms. The Morgan fingerprint density at radius 1 is 0.969 bits per heavy atom. The molecule has 4 rings (SSSR count). The molecule has 2 aliphatic rings. The summed E-state index contributed by atoms with van der Waals surface area (Å²) in [5, 5.41) is 0. The lowest BCUT2D eigenvalue weighted by Gasteiger charge is -2.45. The highest BCUT2D eigenvalue weighted by atomic mass is 16.7. The van der Waals surface area contributed by atoms with Gasteiger partial charge < -0.3 is 23.8 Å². The molecule has 1 fully saturated rings. The monoisotopic (exact) mass is 439 g/mol. The van der Waals surface area contributed by atoms with Crippen molar-refractivity contribution in [1.29, 1.82) is 0 Å². The molecule has 4 atom stereocenters. The van der Waals surface area contributed by atoms with Crippen molar-refractivity contribution in [2.24, 2.45) is 5.41 Å². The van der Waals surface area contributed by atoms with Crippen molar-refractivity contribution in [2.75, 3.05) is 53.2 Å². The zero-order valence-corrected chi connectivity index (χ0v) is 20.1. The molecule has 0 aromatic heterocycles. The fourth-order valence-corrected chi connectivity index (χ4v) is 5.74. The first kappa shape index (κ1) is 23.1. The molecule has 5 nitrogen and oxygen atoms in total. The van der Waals surface area contributed by atoms with Crippen LogP contribution < -0.4 is 9.64 Å². The maximum Gasteiger partial charge on any atom is 0.147 e. The van der Waals surface area contributed by atoms with Gasteiger partial charge in [0.2, 0.25) is 0 Å². The number of hydrogen-bond acceptors (Lipinski definition) is 5. The van der Waals surface area contributed by atoms with Crippen LogP contribution in [0.4, 0.5) is 5.69 Å². The quantitative estimate of drug-likeness (QED) is 0.397. The first-order chi connectivity index (χ1) is 15.5. The minimum absolute atomic E-state index is 0.0666. The van der Waals surface area contributed by atoms with Gasteiger partial charge in [-0.25, -0.2) is 0 Å². The highest BCUT2D eigenvalue weighted by molar-refractivity contribution is 5.52. The molecule has 0 spiro atoms. The number of anilines is 1. The van der Waals surface area contributed by atoms with E-state index in [2.05, 4.69) is 68.4 Å². The maximum absolute atomic E-state index is 6.31. The number of benzene rings is 2. The first-order valence-corrected chi connectivity index (χ1v) is 11.6. The summed E-state index contributed by atoms with van der Waals surface area (Å²) in [5.74, 6) is 1.74. The van der Waals surface area contributed by atoms with E-state index in [1.807, 2.05) is 0 Å². The molecule has 1 saturated carbocycles. The Morgan fingerprint density at radius 2 is 1.75 bits per heavy atom. The van der Waals surface area contributed by atoms with Gasteiger partial charge in [-0.1, -0.05) is 25.1 Å². The van der Waals surface area contributed by atoms with Crippen LogP contribution in [0.1, 0.15) is 54.7 Å². The fraction of sp³-hybridized carbons (Fsp3) is 0.556. The summed E-state index contributed by atoms with van der Waals surface area (Å²) in [6.45, 7) is 3.90. The smallest absolute Gasteiger partial charge is 0.147 e. The van der Waals surface area contributed by atoms with Crippen molar-refractivity contribution in [3.63, 3.8) is 0 Å². The molecule has 2 aliphatic carbocycles. The molecule has 5 heteroatoms. The number of rotatable bonds is 9. The highest BCUT2D eigenvalue weighted by Crippen LogP contribution is 2.61. The molecular weight excluding hydrogens is 402 g/mol. The Kier molecular flexibility index (Phi) is 7.08. The van der Waals surface area contributed by atoms with E-state index in [4.69, 9.17) is 18.9 Å². The normalized spacial score (nSPS) is 26.5. The average molecular weight is 440 g/mol. The van der Waals surface area contributed by atoms with E-state index in [9.17, 15) is 0 Å². The van der Waals surface area contributed by atoms with E-state index in [1.54, 1.807) is 14.2 Å². The molecule has 174 valence electrons. The van der Waals surface area contributed by atoms with Gasteiger partial charge in [-0.05, 0) is 66.1 Å². The van der Waals surface area contributed by atoms with Gasteiger partial charge in [0, 0.05) is 38.2 Å². The second-order valence-electron chi connectivity index (χ2n) is 9.55. The van der Waals surface area contributed by atoms with E-state index in [-0.39, 0.29) is 11.5 Å². The van der Waals surface area contributed by atoms with Crippen LogP contribution in [0.5, 0.6) is 5.75 Å². The van der Waals surface area contributed by atoms with Gasteiger partial charge in [0.25, 0.3) is 0 Å². The van der Waals surface area contributed by atoms with E-state index in [0.29, 0.717) is 31.8 Å². The molecule has 0 radical (unpaired) electrons. The molecule has 0 N–H and O–H groups in total. The Bertz CT molecular complexity index is 897. The zero-order valence-electron chi connectivity index (χ0n) is 20.1. The van der Waals surface area contributed by atoms with E-state index in [1.165, 1.54) is 22.4 Å². The lowest BCUT2D eigenvalue weighted by Crippen LogP contribution is -2.39. The van der Waals surface area contributed by atoms with Crippen LogP contribution in [-0.4, -0.2) is 54.4 Å². The second-order valence-corrected chi connectivity index (χ2v) is 9.55. The van der Waals surface area contributed by atoms with E-state index >= 15 is 0 Å². The van der Waals surface area contributed by atoms with Gasteiger partial charge in [0.1, 0.15) is 12.5 Å². The number of ether oxygens (including phenoxy) is 4. The molecular formula is C27H37NO4. The molecule has 0 heterocycles. The van der Waals surface area contributed by atoms with Crippen LogP contribution >= 0.6 is 0 Å². The van der Waals surface area contributed by atoms with Crippen LogP contribution in [-0.2, 0) is 14.2 Å². The fourth-order valence-electron chi connectivity index (χ4n) is 5.74. The Balaban J connectivity index is 1.64. The van der Waals surface area contributed by atoms with Crippen molar-refractivity contribution >= 4 is 5.69 Å². The van der Waals surface area contributed by atoms with Gasteiger partial charge in [-0.2, -0.15) is 0 Å². The third kappa shape index (κ3) is 4.39. The molecule has 32 heavy (non-hydrogen) atoms. The zero-order chi connectivity index (χ0) is 22.7. The number of methoxy groups -OCH3 is 2. The topological polar surface area (TPSA) is 40.2 Å². The van der Waals surface area contributed by atoms with Crippen molar-refractivity contribution in [3.05, 3.63) is 59.2 Å². The Hall–Kier alpha value is -2.08. The number of nitrogens with zero attached hydrogens (tertiary/aromatic N) is 1. The lowest BCUT2D eigenvalue weighted by atomic mass is 9.61. The molecule has 0 aliphatic heterocycles. The Labute approximate surface area is 192 Å². The van der Waals surface area contributed by atoms with Crippen molar-refractivity contribution in [3.8, 4) is 5.75 Å². The van der Waals surface area contributed by atoms with Gasteiger partial charge in [-0.3, -0.25) is 0 Å². The van der Waals surface area contributed by atoms with Crippen LogP contribution in [0, 0.1) is 5.41 Å². The third-order valence-electron chi connectivity index (χ3n) is 7.53. The first-order valence-electron chi connectivity index (χ1n) is 11.6. The predicted octanol–water partition coefficient (Wildman–Crippen LogP) is 5.19. The summed E-state index contributed by atoms with van der Waals surface area (Å²) in [4.78, 5) is 2.14. The molecule has 2 aromatic rings. The summed E-state index contributed by atoms with van der Waals surface area (Å²) in [6.07, 6.45) is 3.45. The summed E-state index contributed by atoms with van der Waals surface area (Å²) in [7, 11) is 7.60. The molecule has 0 saturated heterocycles.